The Morgan fingerprint density at radius 3 is 3.00 bits per heavy atom. The maximum Gasteiger partial charge on any atom is 0.311 e. The van der Waals surface area contributed by atoms with Crippen molar-refractivity contribution in [3.63, 3.8) is 0 Å². The molecule has 1 atom stereocenters. The summed E-state index contributed by atoms with van der Waals surface area (Å²) in [4.78, 5) is 8.00. The topological polar surface area (TPSA) is 34.0 Å². The molecule has 0 radical (unpaired) electrons. The van der Waals surface area contributed by atoms with E-state index in [1.165, 1.54) is 0 Å². The molecule has 1 aliphatic heterocycles. The first kappa shape index (κ1) is 6.26. The van der Waals surface area contributed by atoms with Crippen LogP contribution in [0.25, 0.3) is 0 Å². The molecule has 0 spiro atoms. The second kappa shape index (κ2) is 2.62. The Morgan fingerprint density at radius 2 is 2.56 bits per heavy atom. The van der Waals surface area contributed by atoms with E-state index >= 15 is 0 Å². The van der Waals surface area contributed by atoms with E-state index in [2.05, 4.69) is 9.98 Å². The van der Waals surface area contributed by atoms with Gasteiger partial charge >= 0.3 is 6.02 Å². The van der Waals surface area contributed by atoms with E-state index in [4.69, 9.17) is 4.74 Å². The van der Waals surface area contributed by atoms with Gasteiger partial charge in [-0.05, 0) is 6.92 Å². The quantitative estimate of drug-likeness (QED) is 0.473. The van der Waals surface area contributed by atoms with Gasteiger partial charge in [-0.15, -0.1) is 0 Å². The molecule has 0 unspecified atom stereocenters. The van der Waals surface area contributed by atoms with Gasteiger partial charge in [0.05, 0.1) is 13.2 Å². The van der Waals surface area contributed by atoms with E-state index in [1.807, 2.05) is 13.1 Å². The molecule has 0 aromatic rings. The van der Waals surface area contributed by atoms with Crippen LogP contribution in [0.5, 0.6) is 0 Å². The largest absolute Gasteiger partial charge is 0.467 e. The van der Waals surface area contributed by atoms with Crippen LogP contribution in [0, 0.1) is 0 Å². The van der Waals surface area contributed by atoms with Crippen LogP contribution < -0.4 is 0 Å². The van der Waals surface area contributed by atoms with Crippen LogP contribution in [0.15, 0.2) is 9.98 Å². The zero-order chi connectivity index (χ0) is 6.69. The molecule has 0 saturated heterocycles. The maximum atomic E-state index is 4.81. The maximum absolute atomic E-state index is 4.81. The van der Waals surface area contributed by atoms with E-state index in [-0.39, 0.29) is 0 Å². The molecule has 0 aromatic heterocycles. The van der Waals surface area contributed by atoms with Gasteiger partial charge in [0.1, 0.15) is 0 Å². The molecule has 0 aromatic carbocycles. The lowest BCUT2D eigenvalue weighted by Gasteiger charge is -2.07. The standard InChI is InChI=1S/C6H10N2O/c1-5-3-4-7-6(8-5)9-2/h4-5H,3H2,1-2H3/t5-/m0/s1. The molecule has 1 heterocycles. The SMILES string of the molecule is COC1=N[C@@H](C)CC=N1. The van der Waals surface area contributed by atoms with Crippen molar-refractivity contribution in [2.75, 3.05) is 7.11 Å². The van der Waals surface area contributed by atoms with E-state index < -0.39 is 0 Å². The van der Waals surface area contributed by atoms with Crippen molar-refractivity contribution in [3.05, 3.63) is 0 Å². The van der Waals surface area contributed by atoms with Crippen molar-refractivity contribution in [3.8, 4) is 0 Å². The second-order valence-electron chi connectivity index (χ2n) is 2.01. The Labute approximate surface area is 54.5 Å². The van der Waals surface area contributed by atoms with Crippen LogP contribution >= 0.6 is 0 Å². The monoisotopic (exact) mass is 126 g/mol. The predicted molar refractivity (Wildman–Crippen MR) is 37.0 cm³/mol. The summed E-state index contributed by atoms with van der Waals surface area (Å²) in [7, 11) is 1.58. The lowest BCUT2D eigenvalue weighted by atomic mass is 10.2. The van der Waals surface area contributed by atoms with Gasteiger partial charge in [-0.2, -0.15) is 0 Å². The number of rotatable bonds is 0. The normalized spacial score (nSPS) is 25.6. The smallest absolute Gasteiger partial charge is 0.311 e. The Kier molecular flexibility index (Phi) is 1.82. The Balaban J connectivity index is 2.59. The zero-order valence-electron chi connectivity index (χ0n) is 5.66. The second-order valence-corrected chi connectivity index (χ2v) is 2.01. The highest BCUT2D eigenvalue weighted by Crippen LogP contribution is 2.01. The summed E-state index contributed by atoms with van der Waals surface area (Å²) >= 11 is 0. The molecular weight excluding hydrogens is 116 g/mol. The lowest BCUT2D eigenvalue weighted by molar-refractivity contribution is 0.390. The molecule has 50 valence electrons. The Morgan fingerprint density at radius 1 is 1.78 bits per heavy atom. The Hall–Kier alpha value is -0.860. The van der Waals surface area contributed by atoms with Gasteiger partial charge < -0.3 is 4.74 Å². The van der Waals surface area contributed by atoms with Gasteiger partial charge in [0.15, 0.2) is 0 Å². The fourth-order valence-electron chi connectivity index (χ4n) is 0.663. The first-order valence-corrected chi connectivity index (χ1v) is 2.97. The van der Waals surface area contributed by atoms with Gasteiger partial charge in [-0.1, -0.05) is 0 Å². The van der Waals surface area contributed by atoms with Crippen LogP contribution in [0.4, 0.5) is 0 Å². The van der Waals surface area contributed by atoms with Crippen molar-refractivity contribution in [2.24, 2.45) is 9.98 Å². The predicted octanol–water partition coefficient (Wildman–Crippen LogP) is 0.852. The van der Waals surface area contributed by atoms with Gasteiger partial charge in [0.25, 0.3) is 0 Å². The molecule has 1 rings (SSSR count). The molecule has 0 bridgehead atoms. The number of hydrogen-bond acceptors (Lipinski definition) is 3. The third-order valence-electron chi connectivity index (χ3n) is 1.16. The summed E-state index contributed by atoms with van der Waals surface area (Å²) in [5.41, 5.74) is 0. The molecule has 0 N–H and O–H groups in total. The van der Waals surface area contributed by atoms with Crippen LogP contribution in [0.3, 0.4) is 0 Å². The van der Waals surface area contributed by atoms with Crippen molar-refractivity contribution in [2.45, 2.75) is 19.4 Å². The molecule has 3 nitrogen and oxygen atoms in total. The van der Waals surface area contributed by atoms with Crippen LogP contribution in [-0.4, -0.2) is 25.4 Å². The van der Waals surface area contributed by atoms with Crippen molar-refractivity contribution in [1.82, 2.24) is 0 Å². The van der Waals surface area contributed by atoms with Crippen LogP contribution in [0.2, 0.25) is 0 Å². The number of nitrogens with zero attached hydrogens (tertiary/aromatic N) is 2. The summed E-state index contributed by atoms with van der Waals surface area (Å²) in [6.45, 7) is 2.03. The molecule has 0 saturated carbocycles. The lowest BCUT2D eigenvalue weighted by Crippen LogP contribution is -2.11. The molecule has 0 aliphatic carbocycles. The summed E-state index contributed by atoms with van der Waals surface area (Å²) in [5, 5.41) is 0. The number of hydrogen-bond donors (Lipinski definition) is 0. The average Bonchev–Trinajstić information content (AvgIpc) is 1.88. The van der Waals surface area contributed by atoms with Gasteiger partial charge in [-0.3, -0.25) is 0 Å². The Bertz CT molecular complexity index is 151. The molecule has 1 aliphatic rings. The molecule has 9 heavy (non-hydrogen) atoms. The number of amidine groups is 1. The highest BCUT2D eigenvalue weighted by Gasteiger charge is 2.04. The first-order valence-electron chi connectivity index (χ1n) is 2.97. The molecular formula is C6H10N2O. The zero-order valence-corrected chi connectivity index (χ0v) is 5.66. The van der Waals surface area contributed by atoms with Gasteiger partial charge in [0.2, 0.25) is 0 Å². The minimum absolute atomic E-state index is 0.331. The highest BCUT2D eigenvalue weighted by atomic mass is 16.5. The minimum atomic E-state index is 0.331. The van der Waals surface area contributed by atoms with Crippen molar-refractivity contribution < 1.29 is 4.74 Å². The summed E-state index contributed by atoms with van der Waals surface area (Å²) < 4.78 is 4.81. The summed E-state index contributed by atoms with van der Waals surface area (Å²) in [5.74, 6) is 0. The van der Waals surface area contributed by atoms with E-state index in [1.54, 1.807) is 7.11 Å². The fourth-order valence-corrected chi connectivity index (χ4v) is 0.663. The molecule has 0 amide bonds. The molecule has 0 fully saturated rings. The van der Waals surface area contributed by atoms with Gasteiger partial charge in [0, 0.05) is 12.6 Å². The summed E-state index contributed by atoms with van der Waals surface area (Å²) in [6, 6.07) is 0.825. The van der Waals surface area contributed by atoms with Crippen molar-refractivity contribution in [1.29, 1.82) is 0 Å². The van der Waals surface area contributed by atoms with E-state index in [9.17, 15) is 0 Å². The number of methoxy groups -OCH3 is 1. The fraction of sp³-hybridized carbons (Fsp3) is 0.667. The third-order valence-corrected chi connectivity index (χ3v) is 1.16. The third kappa shape index (κ3) is 1.52. The first-order chi connectivity index (χ1) is 4.33. The van der Waals surface area contributed by atoms with E-state index in [0.29, 0.717) is 12.1 Å². The van der Waals surface area contributed by atoms with Crippen LogP contribution in [0.1, 0.15) is 13.3 Å². The van der Waals surface area contributed by atoms with E-state index in [0.717, 1.165) is 6.42 Å². The summed E-state index contributed by atoms with van der Waals surface area (Å²) in [6.07, 6.45) is 2.75. The van der Waals surface area contributed by atoms with Crippen LogP contribution in [-0.2, 0) is 4.74 Å². The number of ether oxygens (including phenoxy) is 1. The molecule has 3 heteroatoms. The average molecular weight is 126 g/mol. The minimum Gasteiger partial charge on any atom is -0.467 e. The van der Waals surface area contributed by atoms with Gasteiger partial charge in [-0.25, -0.2) is 9.98 Å². The highest BCUT2D eigenvalue weighted by molar-refractivity contribution is 5.85. The van der Waals surface area contributed by atoms with Crippen molar-refractivity contribution >= 4 is 12.2 Å². The number of aliphatic imine (C=N–C) groups is 2.